The van der Waals surface area contributed by atoms with Gasteiger partial charge in [-0.2, -0.15) is 0 Å². The second-order valence-corrected chi connectivity index (χ2v) is 5.66. The number of rotatable bonds is 5. The molecule has 134 valence electrons. The van der Waals surface area contributed by atoms with Gasteiger partial charge >= 0.3 is 12.2 Å². The molecule has 1 fully saturated rings. The SMILES string of the molecule is C=CCNC(=O)OC1CCN(C(=O)O/N=C(\C)c2ccccc2)CC1. The van der Waals surface area contributed by atoms with Crippen LogP contribution in [0, 0.1) is 0 Å². The van der Waals surface area contributed by atoms with Crippen LogP contribution < -0.4 is 5.32 Å². The Bertz CT molecular complexity index is 622. The Morgan fingerprint density at radius 2 is 2.00 bits per heavy atom. The smallest absolute Gasteiger partial charge is 0.435 e. The van der Waals surface area contributed by atoms with Gasteiger partial charge in [0.2, 0.25) is 0 Å². The van der Waals surface area contributed by atoms with Crippen LogP contribution in [0.15, 0.2) is 48.1 Å². The van der Waals surface area contributed by atoms with E-state index in [0.29, 0.717) is 38.2 Å². The van der Waals surface area contributed by atoms with Gasteiger partial charge in [0.25, 0.3) is 0 Å². The third-order valence-electron chi connectivity index (χ3n) is 3.82. The third kappa shape index (κ3) is 5.95. The van der Waals surface area contributed by atoms with Crippen LogP contribution in [-0.4, -0.2) is 48.5 Å². The molecular formula is C18H23N3O4. The predicted molar refractivity (Wildman–Crippen MR) is 94.4 cm³/mol. The number of nitrogens with zero attached hydrogens (tertiary/aromatic N) is 2. The van der Waals surface area contributed by atoms with Crippen LogP contribution in [0.3, 0.4) is 0 Å². The summed E-state index contributed by atoms with van der Waals surface area (Å²) in [6.07, 6.45) is 1.55. The minimum Gasteiger partial charge on any atom is -0.446 e. The van der Waals surface area contributed by atoms with E-state index in [2.05, 4.69) is 17.1 Å². The number of carbonyl (C=O) groups excluding carboxylic acids is 2. The fourth-order valence-corrected chi connectivity index (χ4v) is 2.40. The van der Waals surface area contributed by atoms with E-state index in [1.54, 1.807) is 17.9 Å². The molecule has 1 heterocycles. The number of ether oxygens (including phenoxy) is 1. The van der Waals surface area contributed by atoms with Gasteiger partial charge in [0.1, 0.15) is 6.10 Å². The van der Waals surface area contributed by atoms with Crippen molar-refractivity contribution in [1.82, 2.24) is 10.2 Å². The molecule has 0 radical (unpaired) electrons. The molecule has 1 N–H and O–H groups in total. The van der Waals surface area contributed by atoms with Crippen molar-refractivity contribution >= 4 is 17.9 Å². The maximum atomic E-state index is 12.1. The lowest BCUT2D eigenvalue weighted by molar-refractivity contribution is 0.0431. The highest BCUT2D eigenvalue weighted by Gasteiger charge is 2.26. The molecule has 2 rings (SSSR count). The zero-order valence-corrected chi connectivity index (χ0v) is 14.3. The first kappa shape index (κ1) is 18.5. The minimum absolute atomic E-state index is 0.205. The minimum atomic E-state index is -0.496. The first-order chi connectivity index (χ1) is 12.1. The van der Waals surface area contributed by atoms with Gasteiger partial charge in [-0.05, 0) is 12.5 Å². The van der Waals surface area contributed by atoms with Gasteiger partial charge in [-0.25, -0.2) is 9.59 Å². The lowest BCUT2D eigenvalue weighted by atomic mass is 10.1. The van der Waals surface area contributed by atoms with Crippen molar-refractivity contribution in [3.05, 3.63) is 48.6 Å². The van der Waals surface area contributed by atoms with E-state index in [0.717, 1.165) is 5.56 Å². The summed E-state index contributed by atoms with van der Waals surface area (Å²) in [6, 6.07) is 9.49. The third-order valence-corrected chi connectivity index (χ3v) is 3.82. The van der Waals surface area contributed by atoms with E-state index >= 15 is 0 Å². The molecule has 2 amide bonds. The molecule has 0 atom stereocenters. The summed E-state index contributed by atoms with van der Waals surface area (Å²) < 4.78 is 5.27. The van der Waals surface area contributed by atoms with Crippen LogP contribution in [0.4, 0.5) is 9.59 Å². The average molecular weight is 345 g/mol. The van der Waals surface area contributed by atoms with Gasteiger partial charge in [0.05, 0.1) is 5.71 Å². The van der Waals surface area contributed by atoms with Gasteiger partial charge in [-0.1, -0.05) is 41.6 Å². The first-order valence-electron chi connectivity index (χ1n) is 8.21. The van der Waals surface area contributed by atoms with Gasteiger partial charge in [0.15, 0.2) is 0 Å². The number of alkyl carbamates (subject to hydrolysis) is 1. The number of carbonyl (C=O) groups is 2. The van der Waals surface area contributed by atoms with Crippen LogP contribution in [-0.2, 0) is 9.57 Å². The number of piperidine rings is 1. The molecule has 7 heteroatoms. The average Bonchev–Trinajstić information content (AvgIpc) is 2.65. The monoisotopic (exact) mass is 345 g/mol. The summed E-state index contributed by atoms with van der Waals surface area (Å²) in [5, 5.41) is 6.45. The molecule has 1 aliphatic rings. The summed E-state index contributed by atoms with van der Waals surface area (Å²) in [7, 11) is 0. The van der Waals surface area contributed by atoms with Crippen LogP contribution >= 0.6 is 0 Å². The van der Waals surface area contributed by atoms with Crippen molar-refractivity contribution in [2.45, 2.75) is 25.9 Å². The number of benzene rings is 1. The molecule has 0 unspecified atom stereocenters. The van der Waals surface area contributed by atoms with Gasteiger partial charge < -0.3 is 15.0 Å². The number of nitrogens with one attached hydrogen (secondary N) is 1. The standard InChI is InChI=1S/C18H23N3O4/c1-3-11-19-17(22)24-16-9-12-21(13-10-16)18(23)25-20-14(2)15-7-5-4-6-8-15/h3-8,16H,1,9-13H2,2H3,(H,19,22)/b20-14+. The largest absolute Gasteiger partial charge is 0.446 e. The molecule has 1 saturated heterocycles. The quantitative estimate of drug-likeness (QED) is 0.385. The Balaban J connectivity index is 1.75. The Labute approximate surface area is 147 Å². The van der Waals surface area contributed by atoms with E-state index in [-0.39, 0.29) is 6.10 Å². The summed E-state index contributed by atoms with van der Waals surface area (Å²) in [5.41, 5.74) is 1.53. The van der Waals surface area contributed by atoms with E-state index in [4.69, 9.17) is 9.57 Å². The van der Waals surface area contributed by atoms with Gasteiger partial charge in [0, 0.05) is 32.5 Å². The molecule has 0 aromatic heterocycles. The maximum absolute atomic E-state index is 12.1. The number of hydrogen-bond donors (Lipinski definition) is 1. The number of hydrogen-bond acceptors (Lipinski definition) is 5. The van der Waals surface area contributed by atoms with Crippen molar-refractivity contribution in [1.29, 1.82) is 0 Å². The van der Waals surface area contributed by atoms with E-state index in [1.807, 2.05) is 30.3 Å². The Morgan fingerprint density at radius 1 is 1.32 bits per heavy atom. The number of likely N-dealkylation sites (tertiary alicyclic amines) is 1. The molecule has 25 heavy (non-hydrogen) atoms. The summed E-state index contributed by atoms with van der Waals surface area (Å²) in [5.74, 6) is 0. The first-order valence-corrected chi connectivity index (χ1v) is 8.21. The van der Waals surface area contributed by atoms with Crippen LogP contribution in [0.25, 0.3) is 0 Å². The zero-order valence-electron chi connectivity index (χ0n) is 14.3. The molecule has 0 aliphatic carbocycles. The lowest BCUT2D eigenvalue weighted by Crippen LogP contribution is -2.42. The molecule has 0 saturated carbocycles. The highest BCUT2D eigenvalue weighted by Crippen LogP contribution is 2.15. The fraction of sp³-hybridized carbons (Fsp3) is 0.389. The maximum Gasteiger partial charge on any atom is 0.435 e. The van der Waals surface area contributed by atoms with E-state index in [9.17, 15) is 9.59 Å². The fourth-order valence-electron chi connectivity index (χ4n) is 2.40. The van der Waals surface area contributed by atoms with E-state index in [1.165, 1.54) is 0 Å². The predicted octanol–water partition coefficient (Wildman–Crippen LogP) is 2.92. The normalized spacial score (nSPS) is 15.4. The Morgan fingerprint density at radius 3 is 2.64 bits per heavy atom. The highest BCUT2D eigenvalue weighted by molar-refractivity contribution is 5.98. The molecular weight excluding hydrogens is 322 g/mol. The molecule has 0 bridgehead atoms. The van der Waals surface area contributed by atoms with Crippen molar-refractivity contribution < 1.29 is 19.2 Å². The highest BCUT2D eigenvalue weighted by atomic mass is 16.7. The zero-order chi connectivity index (χ0) is 18.1. The topological polar surface area (TPSA) is 80.2 Å². The molecule has 1 aliphatic heterocycles. The second-order valence-electron chi connectivity index (χ2n) is 5.66. The Kier molecular flexibility index (Phi) is 7.00. The lowest BCUT2D eigenvalue weighted by Gasteiger charge is -2.30. The van der Waals surface area contributed by atoms with Gasteiger partial charge in [-0.3, -0.25) is 4.84 Å². The van der Waals surface area contributed by atoms with Crippen molar-refractivity contribution in [3.63, 3.8) is 0 Å². The number of oxime groups is 1. The summed E-state index contributed by atoms with van der Waals surface area (Å²) in [4.78, 5) is 30.1. The van der Waals surface area contributed by atoms with E-state index < -0.39 is 12.2 Å². The van der Waals surface area contributed by atoms with Crippen molar-refractivity contribution in [3.8, 4) is 0 Å². The van der Waals surface area contributed by atoms with Crippen molar-refractivity contribution in [2.75, 3.05) is 19.6 Å². The van der Waals surface area contributed by atoms with Crippen LogP contribution in [0.2, 0.25) is 0 Å². The van der Waals surface area contributed by atoms with Gasteiger partial charge in [-0.15, -0.1) is 6.58 Å². The second kappa shape index (κ2) is 9.46. The molecule has 0 spiro atoms. The number of amides is 2. The molecule has 1 aromatic carbocycles. The Hall–Kier alpha value is -2.83. The molecule has 1 aromatic rings. The molecule has 7 nitrogen and oxygen atoms in total. The van der Waals surface area contributed by atoms with Crippen LogP contribution in [0.1, 0.15) is 25.3 Å². The van der Waals surface area contributed by atoms with Crippen LogP contribution in [0.5, 0.6) is 0 Å². The summed E-state index contributed by atoms with van der Waals surface area (Å²) >= 11 is 0. The summed E-state index contributed by atoms with van der Waals surface area (Å²) in [6.45, 7) is 6.58. The van der Waals surface area contributed by atoms with Crippen molar-refractivity contribution in [2.24, 2.45) is 5.16 Å².